The minimum Gasteiger partial charge on any atom is -0.399 e. The molecule has 6 heterocycles. The lowest BCUT2D eigenvalue weighted by Gasteiger charge is -2.32. The molecule has 102 heavy (non-hydrogen) atoms. The van der Waals surface area contributed by atoms with E-state index in [4.69, 9.17) is 9.31 Å². The van der Waals surface area contributed by atoms with E-state index in [2.05, 4.69) is 243 Å². The Hall–Kier alpha value is -10.6. The average molecular weight is 1500 g/mol. The molecule has 0 amide bonds. The van der Waals surface area contributed by atoms with Gasteiger partial charge in [0.1, 0.15) is 0 Å². The molecule has 0 spiro atoms. The maximum Gasteiger partial charge on any atom is 0.494 e. The first-order chi connectivity index (χ1) is 49.2. The van der Waals surface area contributed by atoms with Crippen LogP contribution in [0.1, 0.15) is 59.5 Å². The third-order valence-corrected chi connectivity index (χ3v) is 25.0. The zero-order valence-electron chi connectivity index (χ0n) is 55.5. The van der Waals surface area contributed by atoms with E-state index >= 15 is 0 Å². The number of fused-ring (bicyclic) bond motifs is 13. The highest BCUT2D eigenvalue weighted by Crippen LogP contribution is 2.43. The van der Waals surface area contributed by atoms with E-state index in [0.29, 0.717) is 8.95 Å². The van der Waals surface area contributed by atoms with Gasteiger partial charge in [-0.3, -0.25) is 9.59 Å². The smallest absolute Gasteiger partial charge is 0.399 e. The zero-order valence-corrected chi connectivity index (χ0v) is 60.3. The molecular weight excluding hydrogens is 1440 g/mol. The van der Waals surface area contributed by atoms with Crippen molar-refractivity contribution < 1.29 is 35.7 Å². The molecule has 3 aliphatic rings. The van der Waals surface area contributed by atoms with Crippen LogP contribution in [0.2, 0.25) is 0 Å². The highest BCUT2D eigenvalue weighted by molar-refractivity contribution is 9.10. The van der Waals surface area contributed by atoms with Gasteiger partial charge in [-0.15, -0.1) is 0 Å². The van der Waals surface area contributed by atoms with Crippen LogP contribution in [-0.2, 0) is 29.0 Å². The van der Waals surface area contributed by atoms with Crippen molar-refractivity contribution in [1.82, 2.24) is 13.7 Å². The molecule has 11 nitrogen and oxygen atoms in total. The van der Waals surface area contributed by atoms with Gasteiger partial charge < -0.3 is 23.0 Å². The third kappa shape index (κ3) is 10.6. The maximum absolute atomic E-state index is 14.2. The van der Waals surface area contributed by atoms with Crippen molar-refractivity contribution in [3.63, 3.8) is 0 Å². The zero-order chi connectivity index (χ0) is 70.1. The van der Waals surface area contributed by atoms with E-state index in [1.807, 2.05) is 54.6 Å². The molecule has 1 fully saturated rings. The Kier molecular flexibility index (Phi) is 15.6. The fourth-order valence-electron chi connectivity index (χ4n) is 14.5. The number of rotatable bonds is 6. The van der Waals surface area contributed by atoms with Gasteiger partial charge in [-0.1, -0.05) is 190 Å². The van der Waals surface area contributed by atoms with Gasteiger partial charge in [0, 0.05) is 80.6 Å². The second-order valence-corrected chi connectivity index (χ2v) is 32.4. The van der Waals surface area contributed by atoms with Crippen LogP contribution in [0.4, 0.5) is 0 Å². The summed E-state index contributed by atoms with van der Waals surface area (Å²) in [5.74, 6) is -0.564. The van der Waals surface area contributed by atoms with Crippen molar-refractivity contribution >= 4 is 141 Å². The molecule has 0 atom stereocenters. The summed E-state index contributed by atoms with van der Waals surface area (Å²) in [5, 5.41) is 7.30. The van der Waals surface area contributed by atoms with Crippen molar-refractivity contribution in [3.05, 3.63) is 322 Å². The Balaban J connectivity index is 0.000000136. The number of para-hydroxylation sites is 6. The lowest BCUT2D eigenvalue weighted by atomic mass is 9.79. The number of hydrogen-bond donors (Lipinski definition) is 0. The first-order valence-corrected chi connectivity index (χ1v) is 37.9. The van der Waals surface area contributed by atoms with E-state index in [-0.39, 0.29) is 71.7 Å². The SMILES string of the molecule is CC1(C)OB(c2ccc(-n3c4ccccc4c4ccccc43)cc2)OC1(C)C.O=C1c2cc(-c3ccc(-n4c5ccccc5c5ccccc54)cc3)ccc2S(=O)(=O)c2cc(-c3ccc(-n4c5ccccc5c5ccccc54)cc3)ccc21.O=C1c2cc(Br)ccc2S(=O)(=O)c2cc(Br)ccc21. The summed E-state index contributed by atoms with van der Waals surface area (Å²) in [6.07, 6.45) is 0. The number of sulfone groups is 2. The number of benzene rings is 13. The molecule has 0 unspecified atom stereocenters. The fourth-order valence-corrected chi connectivity index (χ4v) is 18.7. The summed E-state index contributed by atoms with van der Waals surface area (Å²) in [5.41, 5.74) is 14.5. The molecule has 16 aromatic rings. The van der Waals surface area contributed by atoms with Gasteiger partial charge in [-0.25, -0.2) is 16.8 Å². The summed E-state index contributed by atoms with van der Waals surface area (Å²) < 4.78 is 73.9. The summed E-state index contributed by atoms with van der Waals surface area (Å²) in [7, 11) is -7.94. The standard InChI is InChI=1S/C49H30N2O3S.C24H24BNO2.C13H6Br2O3S/c52-49-41-27-21-34(32-19-25-36(26-20-32)51-45-15-7-3-11-39(45)40-12-4-8-16-46(40)51)30-48(41)55(53,54)47-28-22-33(29-42(47)49)31-17-23-35(24-18-31)50-43-13-5-1-9-37(43)38-10-2-6-14-44(38)50;1-23(2)24(3,4)28-25(27-23)17-13-15-18(16-14-17)26-21-11-7-5-9-19(21)20-10-6-8-12-22(20)26;14-7-2-4-11-10(5-7)13(16)9-3-1-8(15)6-12(9)19(11,17)18/h1-30H;5-16H,1-4H3;1-6H. The first kappa shape index (κ1) is 64.8. The maximum atomic E-state index is 14.2. The summed E-state index contributed by atoms with van der Waals surface area (Å²) in [6.45, 7) is 8.33. The largest absolute Gasteiger partial charge is 0.494 e. The minimum absolute atomic E-state index is 0.0366. The molecule has 0 N–H and O–H groups in total. The van der Waals surface area contributed by atoms with Gasteiger partial charge in [0.15, 0.2) is 11.6 Å². The summed E-state index contributed by atoms with van der Waals surface area (Å²) in [6, 6.07) is 94.9. The van der Waals surface area contributed by atoms with Gasteiger partial charge in [0.05, 0.1) is 63.9 Å². The van der Waals surface area contributed by atoms with Gasteiger partial charge in [0.25, 0.3) is 0 Å². The third-order valence-electron chi connectivity index (χ3n) is 20.3. The van der Waals surface area contributed by atoms with Crippen molar-refractivity contribution in [1.29, 1.82) is 0 Å². The summed E-state index contributed by atoms with van der Waals surface area (Å²) in [4.78, 5) is 26.6. The monoisotopic (exact) mass is 1500 g/mol. The van der Waals surface area contributed by atoms with Crippen LogP contribution in [0, 0.1) is 0 Å². The molecule has 13 aromatic carbocycles. The molecule has 1 saturated heterocycles. The van der Waals surface area contributed by atoms with E-state index in [9.17, 15) is 26.4 Å². The molecule has 0 radical (unpaired) electrons. The van der Waals surface area contributed by atoms with Gasteiger partial charge in [0.2, 0.25) is 19.7 Å². The molecule has 0 saturated carbocycles. The Morgan fingerprint density at radius 3 is 1.00 bits per heavy atom. The van der Waals surface area contributed by atoms with Crippen LogP contribution in [0.3, 0.4) is 0 Å². The van der Waals surface area contributed by atoms with Crippen LogP contribution in [0.25, 0.3) is 105 Å². The second-order valence-electron chi connectivity index (χ2n) is 26.8. The van der Waals surface area contributed by atoms with Crippen LogP contribution in [0.15, 0.2) is 320 Å². The number of ketones is 2. The van der Waals surface area contributed by atoms with E-state index in [1.54, 1.807) is 48.5 Å². The van der Waals surface area contributed by atoms with Gasteiger partial charge in [-0.2, -0.15) is 0 Å². The van der Waals surface area contributed by atoms with E-state index < -0.39 is 19.7 Å². The van der Waals surface area contributed by atoms with Crippen molar-refractivity contribution in [2.24, 2.45) is 0 Å². The first-order valence-electron chi connectivity index (χ1n) is 33.3. The van der Waals surface area contributed by atoms with E-state index in [0.717, 1.165) is 66.8 Å². The molecule has 496 valence electrons. The Labute approximate surface area is 606 Å². The molecular formula is C86H60BBr2N3O8S2. The molecule has 0 bridgehead atoms. The number of nitrogens with zero attached hydrogens (tertiary/aromatic N) is 3. The van der Waals surface area contributed by atoms with Crippen molar-refractivity contribution in [2.45, 2.75) is 58.5 Å². The predicted molar refractivity (Wildman–Crippen MR) is 415 cm³/mol. The predicted octanol–water partition coefficient (Wildman–Crippen LogP) is 20.3. The number of carbonyl (C=O) groups is 2. The van der Waals surface area contributed by atoms with Crippen molar-refractivity contribution in [3.8, 4) is 39.3 Å². The van der Waals surface area contributed by atoms with Crippen LogP contribution < -0.4 is 5.46 Å². The quantitative estimate of drug-likeness (QED) is 0.150. The van der Waals surface area contributed by atoms with Gasteiger partial charge in [-0.05, 0) is 189 Å². The molecule has 19 rings (SSSR count). The van der Waals surface area contributed by atoms with Crippen LogP contribution in [-0.4, -0.2) is 60.4 Å². The Morgan fingerprint density at radius 2 is 0.598 bits per heavy atom. The van der Waals surface area contributed by atoms with Crippen LogP contribution in [0.5, 0.6) is 0 Å². The Bertz CT molecular complexity index is 6260. The number of carbonyl (C=O) groups excluding carboxylic acids is 2. The molecule has 3 aliphatic heterocycles. The minimum atomic E-state index is -3.96. The normalized spacial score (nSPS) is 15.2. The lowest BCUT2D eigenvalue weighted by Crippen LogP contribution is -2.41. The lowest BCUT2D eigenvalue weighted by molar-refractivity contribution is 0.00578. The topological polar surface area (TPSA) is 136 Å². The second kappa shape index (κ2) is 24.6. The van der Waals surface area contributed by atoms with E-state index in [1.165, 1.54) is 61.5 Å². The number of halogens is 2. The molecule has 3 aromatic heterocycles. The van der Waals surface area contributed by atoms with Crippen molar-refractivity contribution in [2.75, 3.05) is 0 Å². The summed E-state index contributed by atoms with van der Waals surface area (Å²) >= 11 is 6.48. The highest BCUT2D eigenvalue weighted by Gasteiger charge is 2.52. The number of aromatic nitrogens is 3. The molecule has 0 aliphatic carbocycles. The fraction of sp³-hybridized carbons (Fsp3) is 0.0698. The van der Waals surface area contributed by atoms with Crippen LogP contribution >= 0.6 is 31.9 Å². The average Bonchev–Trinajstić information content (AvgIpc) is 1.36. The highest BCUT2D eigenvalue weighted by atomic mass is 79.9. The van der Waals surface area contributed by atoms with Gasteiger partial charge >= 0.3 is 7.12 Å². The molecule has 16 heteroatoms. The number of hydrogen-bond acceptors (Lipinski definition) is 8. The Morgan fingerprint density at radius 1 is 0.304 bits per heavy atom.